The summed E-state index contributed by atoms with van der Waals surface area (Å²) in [5.74, 6) is -0.491. The largest absolute Gasteiger partial charge is 0.455 e. The van der Waals surface area contributed by atoms with Gasteiger partial charge in [0, 0.05) is 25.7 Å². The van der Waals surface area contributed by atoms with Gasteiger partial charge in [-0.05, 0) is 52.5 Å². The molecule has 0 aromatic carbocycles. The summed E-state index contributed by atoms with van der Waals surface area (Å²) < 4.78 is 42.2. The highest BCUT2D eigenvalue weighted by atomic mass is 35.5. The Morgan fingerprint density at radius 1 is 0.698 bits per heavy atom. The third-order valence-corrected chi connectivity index (χ3v) is 9.92. The average Bonchev–Trinajstić information content (AvgIpc) is 3.11. The number of rotatable bonds is 13. The predicted octanol–water partition coefficient (Wildman–Crippen LogP) is 4.83. The fourth-order valence-electron chi connectivity index (χ4n) is 6.58. The highest BCUT2D eigenvalue weighted by Crippen LogP contribution is 2.32. The number of carbonyl (C=O) groups is 1. The van der Waals surface area contributed by atoms with Gasteiger partial charge in [-0.25, -0.2) is 0 Å². The van der Waals surface area contributed by atoms with Crippen molar-refractivity contribution in [3.63, 3.8) is 0 Å². The molecule has 0 spiro atoms. The molecular formula is C40H59ClO12. The molecule has 4 heterocycles. The summed E-state index contributed by atoms with van der Waals surface area (Å²) in [6.07, 6.45) is 14.2. The Hall–Kier alpha value is -2.20. The Morgan fingerprint density at radius 3 is 1.91 bits per heavy atom. The molecule has 0 radical (unpaired) electrons. The standard InChI is InChI=1S/C40H59ClO12/c1-5-6-7-8-9-10-11-12-13-14-15-16-33-40(30(43)19-17-28(41)18-21-34(46)50-33)53-37-24-32(45)39(27(4)49-37)52-36-23-31(44)38(26(3)48-36)51-35-22-20-29(42)25(2)47-35/h6-7,9-17,19,25-33,35-40,42-45H,5,8,18,20-24H2,1-4H3/b7-6-,10-9-,12-11+,14-13+,16-15-,19-17+/t25?,26?,27?,28?,29-,30?,31?,32?,33+,35+,36+,37-,38-,39+,40?/m1/s1. The Morgan fingerprint density at radius 2 is 1.28 bits per heavy atom. The second kappa shape index (κ2) is 22.4. The normalized spacial score (nSPS) is 41.5. The molecule has 0 bridgehead atoms. The fraction of sp³-hybridized carbons (Fsp3) is 0.675. The molecule has 0 aromatic heterocycles. The second-order valence-electron chi connectivity index (χ2n) is 13.9. The Bertz CT molecular complexity index is 1260. The molecule has 53 heavy (non-hydrogen) atoms. The number of esters is 1. The predicted molar refractivity (Wildman–Crippen MR) is 199 cm³/mol. The van der Waals surface area contributed by atoms with E-state index in [2.05, 4.69) is 25.2 Å². The molecule has 298 valence electrons. The first-order valence-corrected chi connectivity index (χ1v) is 19.4. The van der Waals surface area contributed by atoms with Crippen LogP contribution in [0.4, 0.5) is 0 Å². The first-order valence-electron chi connectivity index (χ1n) is 18.9. The summed E-state index contributed by atoms with van der Waals surface area (Å²) in [5.41, 5.74) is 0. The first kappa shape index (κ1) is 43.5. The van der Waals surface area contributed by atoms with Crippen molar-refractivity contribution in [2.75, 3.05) is 0 Å². The minimum absolute atomic E-state index is 0.0173. The molecule has 8 unspecified atom stereocenters. The van der Waals surface area contributed by atoms with Crippen LogP contribution >= 0.6 is 11.6 Å². The number of aliphatic hydroxyl groups excluding tert-OH is 4. The van der Waals surface area contributed by atoms with Crippen LogP contribution in [0.5, 0.6) is 0 Å². The van der Waals surface area contributed by atoms with Crippen molar-refractivity contribution in [2.24, 2.45) is 0 Å². The molecule has 15 atom stereocenters. The lowest BCUT2D eigenvalue weighted by Gasteiger charge is -2.44. The maximum atomic E-state index is 12.8. The van der Waals surface area contributed by atoms with Crippen molar-refractivity contribution in [1.29, 1.82) is 0 Å². The summed E-state index contributed by atoms with van der Waals surface area (Å²) in [5, 5.41) is 42.9. The van der Waals surface area contributed by atoms with Gasteiger partial charge in [-0.15, -0.1) is 11.6 Å². The SMILES string of the molecule is CC/C=C\C\C=C/C=C/C=C/C=C\[C@@H]1OC(=O)CCC(Cl)/C=C/C(O)C1O[C@@H]1CC(O)[C@@H](O[C@H]2CC(O)[C@H](O[C@H]3CC[C@@H](O)C(C)O3)C(C)O2)C(C)O1. The maximum absolute atomic E-state index is 12.8. The lowest BCUT2D eigenvalue weighted by atomic mass is 9.99. The molecule has 13 heteroatoms. The van der Waals surface area contributed by atoms with Crippen LogP contribution in [0.25, 0.3) is 0 Å². The summed E-state index contributed by atoms with van der Waals surface area (Å²) in [7, 11) is 0. The quantitative estimate of drug-likeness (QED) is 0.0876. The Labute approximate surface area is 318 Å². The molecule has 4 rings (SSSR count). The van der Waals surface area contributed by atoms with Gasteiger partial charge in [-0.3, -0.25) is 4.79 Å². The van der Waals surface area contributed by atoms with Crippen LogP contribution in [0.15, 0.2) is 72.9 Å². The van der Waals surface area contributed by atoms with Gasteiger partial charge in [-0.1, -0.05) is 73.8 Å². The molecular weight excluding hydrogens is 708 g/mol. The number of aliphatic hydroxyl groups is 4. The number of hydrogen-bond acceptors (Lipinski definition) is 12. The number of cyclic esters (lactones) is 1. The number of allylic oxidation sites excluding steroid dienone is 10. The highest BCUT2D eigenvalue weighted by Gasteiger charge is 2.45. The molecule has 0 saturated carbocycles. The third-order valence-electron chi connectivity index (χ3n) is 9.55. The molecule has 0 aromatic rings. The smallest absolute Gasteiger partial charge is 0.306 e. The Balaban J connectivity index is 1.36. The van der Waals surface area contributed by atoms with E-state index in [1.54, 1.807) is 45.1 Å². The molecule has 12 nitrogen and oxygen atoms in total. The fourth-order valence-corrected chi connectivity index (χ4v) is 6.77. The lowest BCUT2D eigenvalue weighted by Crippen LogP contribution is -2.56. The average molecular weight is 767 g/mol. The van der Waals surface area contributed by atoms with Crippen LogP contribution in [-0.2, 0) is 38.0 Å². The van der Waals surface area contributed by atoms with Crippen molar-refractivity contribution >= 4 is 17.6 Å². The van der Waals surface area contributed by atoms with Gasteiger partial charge in [0.2, 0.25) is 0 Å². The zero-order valence-corrected chi connectivity index (χ0v) is 31.9. The first-order chi connectivity index (χ1) is 25.4. The third kappa shape index (κ3) is 14.1. The summed E-state index contributed by atoms with van der Waals surface area (Å²) in [6.45, 7) is 7.37. The van der Waals surface area contributed by atoms with E-state index >= 15 is 0 Å². The maximum Gasteiger partial charge on any atom is 0.306 e. The monoisotopic (exact) mass is 766 g/mol. The van der Waals surface area contributed by atoms with Crippen LogP contribution in [0.3, 0.4) is 0 Å². The van der Waals surface area contributed by atoms with E-state index in [1.807, 2.05) is 24.3 Å². The Kier molecular flexibility index (Phi) is 18.4. The van der Waals surface area contributed by atoms with E-state index in [4.69, 9.17) is 44.8 Å². The van der Waals surface area contributed by atoms with E-state index in [0.29, 0.717) is 19.3 Å². The minimum Gasteiger partial charge on any atom is -0.455 e. The molecule has 3 saturated heterocycles. The van der Waals surface area contributed by atoms with Crippen molar-refractivity contribution in [3.8, 4) is 0 Å². The van der Waals surface area contributed by atoms with Crippen LogP contribution in [-0.4, -0.2) is 118 Å². The minimum atomic E-state index is -1.22. The van der Waals surface area contributed by atoms with Gasteiger partial charge in [0.15, 0.2) is 18.9 Å². The van der Waals surface area contributed by atoms with Gasteiger partial charge in [-0.2, -0.15) is 0 Å². The van der Waals surface area contributed by atoms with Crippen LogP contribution in [0, 0.1) is 0 Å². The van der Waals surface area contributed by atoms with Crippen molar-refractivity contribution in [2.45, 2.75) is 170 Å². The van der Waals surface area contributed by atoms with E-state index in [0.717, 1.165) is 12.8 Å². The van der Waals surface area contributed by atoms with Crippen molar-refractivity contribution < 1.29 is 58.4 Å². The molecule has 4 aliphatic heterocycles. The lowest BCUT2D eigenvalue weighted by molar-refractivity contribution is -0.334. The van der Waals surface area contributed by atoms with E-state index in [1.165, 1.54) is 6.08 Å². The molecule has 3 fully saturated rings. The number of hydrogen-bond donors (Lipinski definition) is 4. The van der Waals surface area contributed by atoms with Crippen LogP contribution in [0.1, 0.15) is 79.1 Å². The van der Waals surface area contributed by atoms with Crippen molar-refractivity contribution in [3.05, 3.63) is 72.9 Å². The van der Waals surface area contributed by atoms with Crippen LogP contribution < -0.4 is 0 Å². The number of alkyl halides is 1. The summed E-state index contributed by atoms with van der Waals surface area (Å²) in [6, 6.07) is 0. The van der Waals surface area contributed by atoms with E-state index < -0.39 is 91.3 Å². The van der Waals surface area contributed by atoms with Gasteiger partial charge < -0.3 is 53.6 Å². The van der Waals surface area contributed by atoms with E-state index in [-0.39, 0.29) is 25.4 Å². The zero-order chi connectivity index (χ0) is 38.3. The highest BCUT2D eigenvalue weighted by molar-refractivity contribution is 6.21. The summed E-state index contributed by atoms with van der Waals surface area (Å²) in [4.78, 5) is 12.8. The molecule has 4 N–H and O–H groups in total. The van der Waals surface area contributed by atoms with Gasteiger partial charge in [0.25, 0.3) is 0 Å². The topological polar surface area (TPSA) is 163 Å². The molecule has 4 aliphatic rings. The second-order valence-corrected chi connectivity index (χ2v) is 14.5. The number of carbonyl (C=O) groups excluding carboxylic acids is 1. The zero-order valence-electron chi connectivity index (χ0n) is 31.2. The molecule has 0 aliphatic carbocycles. The molecule has 0 amide bonds. The number of ether oxygens (including phenoxy) is 7. The van der Waals surface area contributed by atoms with Gasteiger partial charge >= 0.3 is 5.97 Å². The van der Waals surface area contributed by atoms with Gasteiger partial charge in [0.05, 0.1) is 42.0 Å². The summed E-state index contributed by atoms with van der Waals surface area (Å²) >= 11 is 6.32. The van der Waals surface area contributed by atoms with E-state index in [9.17, 15) is 25.2 Å². The number of halogens is 1. The van der Waals surface area contributed by atoms with Crippen LogP contribution in [0.2, 0.25) is 0 Å². The van der Waals surface area contributed by atoms with Crippen molar-refractivity contribution in [1.82, 2.24) is 0 Å². The van der Waals surface area contributed by atoms with Gasteiger partial charge in [0.1, 0.15) is 30.5 Å².